The number of hydrogen-bond donors (Lipinski definition) is 0. The van der Waals surface area contributed by atoms with E-state index in [1.165, 1.54) is 4.31 Å². The highest BCUT2D eigenvalue weighted by Gasteiger charge is 2.19. The topological polar surface area (TPSA) is 37.4 Å². The molecule has 16 heavy (non-hydrogen) atoms. The molecule has 1 unspecified atom stereocenters. The Morgan fingerprint density at radius 3 is 2.38 bits per heavy atom. The van der Waals surface area contributed by atoms with Gasteiger partial charge in [0.1, 0.15) is 0 Å². The molecule has 1 rings (SSSR count). The standard InChI is InChI=1S/C11H16BrNO2S/c1-10(12)8-13(2)16(14,15)9-11-6-4-3-5-7-11/h3-7,10H,8-9H2,1-2H3. The molecule has 0 saturated carbocycles. The fraction of sp³-hybridized carbons (Fsp3) is 0.455. The Morgan fingerprint density at radius 2 is 1.88 bits per heavy atom. The minimum atomic E-state index is -3.21. The lowest BCUT2D eigenvalue weighted by molar-refractivity contribution is 0.473. The van der Waals surface area contributed by atoms with Crippen molar-refractivity contribution in [3.05, 3.63) is 35.9 Å². The van der Waals surface area contributed by atoms with Crippen LogP contribution in [0.25, 0.3) is 0 Å². The number of halogens is 1. The zero-order valence-electron chi connectivity index (χ0n) is 9.43. The Labute approximate surface area is 106 Å². The van der Waals surface area contributed by atoms with Gasteiger partial charge >= 0.3 is 0 Å². The summed E-state index contributed by atoms with van der Waals surface area (Å²) in [5, 5.41) is 0. The molecule has 1 atom stereocenters. The highest BCUT2D eigenvalue weighted by atomic mass is 79.9. The highest BCUT2D eigenvalue weighted by Crippen LogP contribution is 2.11. The number of hydrogen-bond acceptors (Lipinski definition) is 2. The molecule has 0 aromatic heterocycles. The zero-order chi connectivity index (χ0) is 12.2. The Hall–Kier alpha value is -0.390. The quantitative estimate of drug-likeness (QED) is 0.782. The molecule has 5 heteroatoms. The van der Waals surface area contributed by atoms with Crippen LogP contribution in [0.2, 0.25) is 0 Å². The van der Waals surface area contributed by atoms with Crippen LogP contribution in [0.15, 0.2) is 30.3 Å². The predicted octanol–water partition coefficient (Wildman–Crippen LogP) is 2.23. The van der Waals surface area contributed by atoms with E-state index in [-0.39, 0.29) is 10.6 Å². The maximum absolute atomic E-state index is 11.9. The van der Waals surface area contributed by atoms with Crippen molar-refractivity contribution >= 4 is 26.0 Å². The summed E-state index contributed by atoms with van der Waals surface area (Å²) in [6, 6.07) is 9.21. The van der Waals surface area contributed by atoms with Crippen LogP contribution in [-0.2, 0) is 15.8 Å². The number of sulfonamides is 1. The first-order valence-electron chi connectivity index (χ1n) is 5.04. The molecule has 1 aromatic carbocycles. The van der Waals surface area contributed by atoms with E-state index in [1.807, 2.05) is 37.3 Å². The Bertz CT molecular complexity index is 417. The molecule has 3 nitrogen and oxygen atoms in total. The van der Waals surface area contributed by atoms with Crippen molar-refractivity contribution in [3.8, 4) is 0 Å². The Kier molecular flexibility index (Phi) is 4.95. The van der Waals surface area contributed by atoms with E-state index in [2.05, 4.69) is 15.9 Å². The van der Waals surface area contributed by atoms with Gasteiger partial charge in [-0.2, -0.15) is 0 Å². The van der Waals surface area contributed by atoms with Crippen LogP contribution in [0, 0.1) is 0 Å². The average molecular weight is 306 g/mol. The van der Waals surface area contributed by atoms with E-state index < -0.39 is 10.0 Å². The fourth-order valence-electron chi connectivity index (χ4n) is 1.36. The van der Waals surface area contributed by atoms with Crippen LogP contribution >= 0.6 is 15.9 Å². The summed E-state index contributed by atoms with van der Waals surface area (Å²) in [4.78, 5) is 0.156. The molecule has 0 bridgehead atoms. The predicted molar refractivity (Wildman–Crippen MR) is 70.1 cm³/mol. The number of nitrogens with zero attached hydrogens (tertiary/aromatic N) is 1. The first-order valence-corrected chi connectivity index (χ1v) is 7.56. The Morgan fingerprint density at radius 1 is 1.31 bits per heavy atom. The van der Waals surface area contributed by atoms with E-state index in [9.17, 15) is 8.42 Å². The minimum Gasteiger partial charge on any atom is -0.212 e. The van der Waals surface area contributed by atoms with Gasteiger partial charge in [0.2, 0.25) is 10.0 Å². The monoisotopic (exact) mass is 305 g/mol. The maximum Gasteiger partial charge on any atom is 0.218 e. The van der Waals surface area contributed by atoms with Gasteiger partial charge in [-0.05, 0) is 5.56 Å². The van der Waals surface area contributed by atoms with Gasteiger partial charge in [0, 0.05) is 18.4 Å². The van der Waals surface area contributed by atoms with E-state index in [1.54, 1.807) is 7.05 Å². The van der Waals surface area contributed by atoms with Crippen LogP contribution in [0.1, 0.15) is 12.5 Å². The van der Waals surface area contributed by atoms with Crippen molar-refractivity contribution in [3.63, 3.8) is 0 Å². The van der Waals surface area contributed by atoms with Crippen LogP contribution in [-0.4, -0.2) is 31.1 Å². The summed E-state index contributed by atoms with van der Waals surface area (Å²) >= 11 is 3.35. The summed E-state index contributed by atoms with van der Waals surface area (Å²) < 4.78 is 25.3. The third-order valence-electron chi connectivity index (χ3n) is 2.18. The second-order valence-corrected chi connectivity index (χ2v) is 7.44. The third-order valence-corrected chi connectivity index (χ3v) is 4.26. The van der Waals surface area contributed by atoms with Gasteiger partial charge in [-0.15, -0.1) is 0 Å². The largest absolute Gasteiger partial charge is 0.218 e. The molecule has 1 aromatic rings. The summed E-state index contributed by atoms with van der Waals surface area (Å²) in [7, 11) is -1.60. The van der Waals surface area contributed by atoms with Gasteiger partial charge in [0.05, 0.1) is 5.75 Å². The summed E-state index contributed by atoms with van der Waals surface area (Å²) in [5.74, 6) is 0.0596. The van der Waals surface area contributed by atoms with Crippen LogP contribution < -0.4 is 0 Å². The second kappa shape index (κ2) is 5.80. The van der Waals surface area contributed by atoms with Gasteiger partial charge < -0.3 is 0 Å². The minimum absolute atomic E-state index is 0.0596. The summed E-state index contributed by atoms with van der Waals surface area (Å²) in [6.07, 6.45) is 0. The van der Waals surface area contributed by atoms with E-state index in [0.29, 0.717) is 6.54 Å². The molecule has 0 radical (unpaired) electrons. The maximum atomic E-state index is 11.9. The van der Waals surface area contributed by atoms with Crippen molar-refractivity contribution < 1.29 is 8.42 Å². The van der Waals surface area contributed by atoms with Crippen molar-refractivity contribution in [2.24, 2.45) is 0 Å². The SMILES string of the molecule is CC(Br)CN(C)S(=O)(=O)Cc1ccccc1. The summed E-state index contributed by atoms with van der Waals surface area (Å²) in [6.45, 7) is 2.41. The highest BCUT2D eigenvalue weighted by molar-refractivity contribution is 9.09. The smallest absolute Gasteiger partial charge is 0.212 e. The molecule has 0 saturated heterocycles. The molecule has 90 valence electrons. The van der Waals surface area contributed by atoms with Crippen molar-refractivity contribution in [2.45, 2.75) is 17.5 Å². The first kappa shape index (κ1) is 13.7. The third kappa shape index (κ3) is 4.23. The van der Waals surface area contributed by atoms with Crippen molar-refractivity contribution in [1.29, 1.82) is 0 Å². The van der Waals surface area contributed by atoms with Crippen LogP contribution in [0.4, 0.5) is 0 Å². The molecule has 0 fully saturated rings. The molecule has 0 aliphatic heterocycles. The normalized spacial score (nSPS) is 14.0. The molecule has 0 aliphatic carbocycles. The van der Waals surface area contributed by atoms with E-state index in [4.69, 9.17) is 0 Å². The molecule has 0 heterocycles. The van der Waals surface area contributed by atoms with Crippen LogP contribution in [0.5, 0.6) is 0 Å². The average Bonchev–Trinajstić information content (AvgIpc) is 2.17. The number of benzene rings is 1. The number of rotatable bonds is 5. The van der Waals surface area contributed by atoms with Gasteiger partial charge in [0.25, 0.3) is 0 Å². The first-order chi connectivity index (χ1) is 7.42. The van der Waals surface area contributed by atoms with E-state index in [0.717, 1.165) is 5.56 Å². The van der Waals surface area contributed by atoms with Crippen molar-refractivity contribution in [1.82, 2.24) is 4.31 Å². The molecule has 0 spiro atoms. The van der Waals surface area contributed by atoms with Gasteiger partial charge in [0.15, 0.2) is 0 Å². The lowest BCUT2D eigenvalue weighted by Crippen LogP contribution is -2.32. The second-order valence-electron chi connectivity index (χ2n) is 3.80. The van der Waals surface area contributed by atoms with E-state index >= 15 is 0 Å². The molecule has 0 amide bonds. The molecular weight excluding hydrogens is 290 g/mol. The molecule has 0 N–H and O–H groups in total. The Balaban J connectivity index is 2.72. The molecular formula is C11H16BrNO2S. The number of alkyl halides is 1. The van der Waals surface area contributed by atoms with Gasteiger partial charge in [-0.3, -0.25) is 0 Å². The molecule has 0 aliphatic rings. The fourth-order valence-corrected chi connectivity index (χ4v) is 3.27. The zero-order valence-corrected chi connectivity index (χ0v) is 11.8. The lowest BCUT2D eigenvalue weighted by atomic mass is 10.2. The van der Waals surface area contributed by atoms with Crippen LogP contribution in [0.3, 0.4) is 0 Å². The van der Waals surface area contributed by atoms with Gasteiger partial charge in [-0.1, -0.05) is 53.2 Å². The van der Waals surface area contributed by atoms with Crippen molar-refractivity contribution in [2.75, 3.05) is 13.6 Å². The summed E-state index contributed by atoms with van der Waals surface area (Å²) in [5.41, 5.74) is 0.816. The lowest BCUT2D eigenvalue weighted by Gasteiger charge is -2.18. The van der Waals surface area contributed by atoms with Gasteiger partial charge in [-0.25, -0.2) is 12.7 Å².